The van der Waals surface area contributed by atoms with Gasteiger partial charge in [0.2, 0.25) is 10.0 Å². The minimum absolute atomic E-state index is 0.194. The molecule has 2 aliphatic heterocycles. The zero-order chi connectivity index (χ0) is 12.6. The summed E-state index contributed by atoms with van der Waals surface area (Å²) in [7, 11) is -3.05. The van der Waals surface area contributed by atoms with Crippen LogP contribution in [-0.2, 0) is 16.4 Å². The SMILES string of the molecule is O=S1(=O)[C@@H](Cc2ccccc2)[C@@H]2CCCCN1C2. The summed E-state index contributed by atoms with van der Waals surface area (Å²) in [5.41, 5.74) is 1.14. The van der Waals surface area contributed by atoms with E-state index in [-0.39, 0.29) is 5.25 Å². The van der Waals surface area contributed by atoms with Crippen molar-refractivity contribution in [1.29, 1.82) is 0 Å². The Morgan fingerprint density at radius 1 is 1.17 bits per heavy atom. The molecule has 0 aromatic heterocycles. The number of fused-ring (bicyclic) bond motifs is 2. The largest absolute Gasteiger partial charge is 0.217 e. The molecule has 2 fully saturated rings. The first-order valence-corrected chi connectivity index (χ1v) is 8.21. The lowest BCUT2D eigenvalue weighted by atomic mass is 9.95. The molecule has 0 amide bonds. The van der Waals surface area contributed by atoms with Gasteiger partial charge in [-0.3, -0.25) is 0 Å². The first-order valence-electron chi connectivity index (χ1n) is 6.71. The van der Waals surface area contributed by atoms with Crippen molar-refractivity contribution in [3.05, 3.63) is 35.9 Å². The summed E-state index contributed by atoms with van der Waals surface area (Å²) in [5.74, 6) is 0.331. The van der Waals surface area contributed by atoms with Crippen LogP contribution in [0, 0.1) is 5.92 Å². The van der Waals surface area contributed by atoms with Crippen molar-refractivity contribution < 1.29 is 8.42 Å². The van der Waals surface area contributed by atoms with Crippen LogP contribution < -0.4 is 0 Å². The fourth-order valence-corrected chi connectivity index (χ4v) is 5.50. The molecular formula is C14H19NO2S. The molecule has 2 bridgehead atoms. The number of hydrogen-bond donors (Lipinski definition) is 0. The van der Waals surface area contributed by atoms with Crippen LogP contribution in [0.25, 0.3) is 0 Å². The smallest absolute Gasteiger partial charge is 0.212 e. The Labute approximate surface area is 109 Å². The molecule has 1 unspecified atom stereocenters. The van der Waals surface area contributed by atoms with Crippen molar-refractivity contribution in [2.45, 2.75) is 30.9 Å². The second kappa shape index (κ2) is 4.67. The Balaban J connectivity index is 1.87. The van der Waals surface area contributed by atoms with Gasteiger partial charge in [-0.05, 0) is 30.7 Å². The van der Waals surface area contributed by atoms with Crippen LogP contribution in [0.1, 0.15) is 24.8 Å². The predicted octanol–water partition coefficient (Wildman–Crippen LogP) is 2.04. The molecule has 4 heteroatoms. The normalized spacial score (nSPS) is 34.1. The van der Waals surface area contributed by atoms with Crippen LogP contribution in [0.3, 0.4) is 0 Å². The summed E-state index contributed by atoms with van der Waals surface area (Å²) in [6.45, 7) is 1.48. The highest BCUT2D eigenvalue weighted by Gasteiger charge is 2.46. The van der Waals surface area contributed by atoms with Gasteiger partial charge in [0, 0.05) is 13.1 Å². The zero-order valence-corrected chi connectivity index (χ0v) is 11.3. The molecule has 3 nitrogen and oxygen atoms in total. The van der Waals surface area contributed by atoms with Crippen LogP contribution in [0.2, 0.25) is 0 Å². The quantitative estimate of drug-likeness (QED) is 0.820. The molecule has 3 rings (SSSR count). The third-order valence-corrected chi connectivity index (χ3v) is 6.59. The summed E-state index contributed by atoms with van der Waals surface area (Å²) in [5, 5.41) is -0.194. The van der Waals surface area contributed by atoms with Crippen molar-refractivity contribution in [3.63, 3.8) is 0 Å². The molecule has 1 aromatic rings. The highest BCUT2D eigenvalue weighted by Crippen LogP contribution is 2.35. The first-order chi connectivity index (χ1) is 8.68. The number of hydrogen-bond acceptors (Lipinski definition) is 2. The zero-order valence-electron chi connectivity index (χ0n) is 10.5. The van der Waals surface area contributed by atoms with Gasteiger partial charge in [0.15, 0.2) is 0 Å². The van der Waals surface area contributed by atoms with Gasteiger partial charge in [-0.2, -0.15) is 0 Å². The lowest BCUT2D eigenvalue weighted by molar-refractivity contribution is 0.422. The molecule has 2 aliphatic rings. The Hall–Kier alpha value is -0.870. The molecule has 18 heavy (non-hydrogen) atoms. The van der Waals surface area contributed by atoms with Gasteiger partial charge in [-0.1, -0.05) is 36.8 Å². The van der Waals surface area contributed by atoms with E-state index in [0.717, 1.165) is 31.5 Å². The Morgan fingerprint density at radius 3 is 2.72 bits per heavy atom. The van der Waals surface area contributed by atoms with E-state index in [4.69, 9.17) is 0 Å². The van der Waals surface area contributed by atoms with E-state index in [1.54, 1.807) is 4.31 Å². The molecular weight excluding hydrogens is 246 g/mol. The fraction of sp³-hybridized carbons (Fsp3) is 0.571. The van der Waals surface area contributed by atoms with E-state index < -0.39 is 10.0 Å². The monoisotopic (exact) mass is 265 g/mol. The van der Waals surface area contributed by atoms with Gasteiger partial charge < -0.3 is 0 Å². The van der Waals surface area contributed by atoms with Crippen LogP contribution in [0.4, 0.5) is 0 Å². The highest BCUT2D eigenvalue weighted by atomic mass is 32.2. The molecule has 0 N–H and O–H groups in total. The van der Waals surface area contributed by atoms with E-state index >= 15 is 0 Å². The molecule has 3 atom stereocenters. The van der Waals surface area contributed by atoms with Crippen LogP contribution in [-0.4, -0.2) is 31.1 Å². The third-order valence-electron chi connectivity index (χ3n) is 4.22. The predicted molar refractivity (Wildman–Crippen MR) is 71.8 cm³/mol. The van der Waals surface area contributed by atoms with E-state index in [1.165, 1.54) is 6.42 Å². The molecule has 1 aromatic carbocycles. The average molecular weight is 265 g/mol. The highest BCUT2D eigenvalue weighted by molar-refractivity contribution is 7.90. The second-order valence-electron chi connectivity index (χ2n) is 5.39. The van der Waals surface area contributed by atoms with E-state index in [0.29, 0.717) is 12.3 Å². The maximum atomic E-state index is 12.5. The molecule has 0 radical (unpaired) electrons. The molecule has 98 valence electrons. The van der Waals surface area contributed by atoms with Crippen molar-refractivity contribution in [2.24, 2.45) is 5.92 Å². The number of benzene rings is 1. The van der Waals surface area contributed by atoms with Crippen molar-refractivity contribution in [3.8, 4) is 0 Å². The second-order valence-corrected chi connectivity index (χ2v) is 7.54. The van der Waals surface area contributed by atoms with E-state index in [9.17, 15) is 8.42 Å². The number of rotatable bonds is 2. The summed E-state index contributed by atoms with van der Waals surface area (Å²) >= 11 is 0. The van der Waals surface area contributed by atoms with Crippen molar-refractivity contribution in [2.75, 3.05) is 13.1 Å². The van der Waals surface area contributed by atoms with Crippen LogP contribution in [0.15, 0.2) is 30.3 Å². The van der Waals surface area contributed by atoms with Crippen LogP contribution in [0.5, 0.6) is 0 Å². The summed E-state index contributed by atoms with van der Waals surface area (Å²) in [6.07, 6.45) is 3.92. The molecule has 0 aliphatic carbocycles. The molecule has 0 spiro atoms. The van der Waals surface area contributed by atoms with Gasteiger partial charge in [0.05, 0.1) is 5.25 Å². The first kappa shape index (κ1) is 12.2. The average Bonchev–Trinajstić information content (AvgIpc) is 2.58. The third kappa shape index (κ3) is 2.08. The van der Waals surface area contributed by atoms with Gasteiger partial charge in [-0.15, -0.1) is 0 Å². The van der Waals surface area contributed by atoms with Gasteiger partial charge in [0.25, 0.3) is 0 Å². The fourth-order valence-electron chi connectivity index (χ4n) is 3.23. The van der Waals surface area contributed by atoms with Crippen molar-refractivity contribution >= 4 is 10.0 Å². The topological polar surface area (TPSA) is 37.4 Å². The summed E-state index contributed by atoms with van der Waals surface area (Å²) < 4.78 is 26.6. The molecule has 0 saturated carbocycles. The van der Waals surface area contributed by atoms with Gasteiger partial charge in [0.1, 0.15) is 0 Å². The molecule has 2 saturated heterocycles. The maximum absolute atomic E-state index is 12.5. The number of nitrogens with zero attached hydrogens (tertiary/aromatic N) is 1. The van der Waals surface area contributed by atoms with Gasteiger partial charge in [-0.25, -0.2) is 12.7 Å². The lowest BCUT2D eigenvalue weighted by Crippen LogP contribution is -2.32. The minimum atomic E-state index is -3.05. The molecule has 2 heterocycles. The minimum Gasteiger partial charge on any atom is -0.212 e. The number of sulfonamides is 1. The maximum Gasteiger partial charge on any atom is 0.217 e. The Kier molecular flexibility index (Phi) is 3.16. The van der Waals surface area contributed by atoms with E-state index in [2.05, 4.69) is 0 Å². The summed E-state index contributed by atoms with van der Waals surface area (Å²) in [4.78, 5) is 0. The van der Waals surface area contributed by atoms with Crippen LogP contribution >= 0.6 is 0 Å². The Morgan fingerprint density at radius 2 is 1.94 bits per heavy atom. The summed E-state index contributed by atoms with van der Waals surface area (Å²) in [6, 6.07) is 9.99. The van der Waals surface area contributed by atoms with Crippen molar-refractivity contribution in [1.82, 2.24) is 4.31 Å². The van der Waals surface area contributed by atoms with Gasteiger partial charge >= 0.3 is 0 Å². The standard InChI is InChI=1S/C14H19NO2S/c16-18(17)14(10-12-6-2-1-3-7-12)13-8-4-5-9-15(18)11-13/h1-3,6-7,13-14H,4-5,8-11H2/t13-,14+/m1/s1. The Bertz CT molecular complexity index is 512. The lowest BCUT2D eigenvalue weighted by Gasteiger charge is -2.20. The van der Waals surface area contributed by atoms with E-state index in [1.807, 2.05) is 30.3 Å².